The van der Waals surface area contributed by atoms with Crippen LogP contribution in [0.5, 0.6) is 5.75 Å². The Morgan fingerprint density at radius 2 is 1.73 bits per heavy atom. The lowest BCUT2D eigenvalue weighted by molar-refractivity contribution is -0.274. The molecule has 0 radical (unpaired) electrons. The first-order valence-corrected chi connectivity index (χ1v) is 13.5. The lowest BCUT2D eigenvalue weighted by Gasteiger charge is -2.59. The molecule has 0 spiro atoms. The van der Waals surface area contributed by atoms with E-state index in [1.165, 1.54) is 24.3 Å². The molecule has 1 heterocycles. The highest BCUT2D eigenvalue weighted by molar-refractivity contribution is 5.89. The van der Waals surface area contributed by atoms with Crippen molar-refractivity contribution in [3.8, 4) is 5.75 Å². The highest BCUT2D eigenvalue weighted by Gasteiger charge is 2.73. The number of quaternary nitrogens is 1. The van der Waals surface area contributed by atoms with E-state index in [1.807, 2.05) is 12.1 Å². The van der Waals surface area contributed by atoms with Gasteiger partial charge in [-0.3, -0.25) is 14.5 Å². The molecule has 3 aliphatic rings. The minimum Gasteiger partial charge on any atom is -0.481 e. The molecule has 1 aliphatic heterocycles. The lowest BCUT2D eigenvalue weighted by atomic mass is 9.76. The molecule has 4 atom stereocenters. The van der Waals surface area contributed by atoms with Crippen LogP contribution in [-0.2, 0) is 16.0 Å². The maximum absolute atomic E-state index is 13.9. The predicted molar refractivity (Wildman–Crippen MR) is 138 cm³/mol. The summed E-state index contributed by atoms with van der Waals surface area (Å²) >= 11 is 0. The molecule has 8 nitrogen and oxygen atoms in total. The molecule has 0 unspecified atom stereocenters. The SMILES string of the molecule is C[C@H](c1ccc(OC(F)(F)F)cc1)[N@@+]1(C(=O)O)c2ccccc2C[C@H]2CCC[C@]21N(C(=O)CCC(=O)O)C1CC1. The second kappa shape index (κ2) is 10.1. The summed E-state index contributed by atoms with van der Waals surface area (Å²) in [6.45, 7) is 1.74. The number of amides is 2. The van der Waals surface area contributed by atoms with Gasteiger partial charge in [-0.05, 0) is 63.3 Å². The summed E-state index contributed by atoms with van der Waals surface area (Å²) in [6.07, 6.45) is -2.86. The Kier molecular flexibility index (Phi) is 7.06. The number of para-hydroxylation sites is 1. The fourth-order valence-corrected chi connectivity index (χ4v) is 7.32. The number of hydrogen-bond acceptors (Lipinski definition) is 4. The third-order valence-corrected chi connectivity index (χ3v) is 8.83. The van der Waals surface area contributed by atoms with Gasteiger partial charge in [0.2, 0.25) is 5.91 Å². The van der Waals surface area contributed by atoms with Crippen molar-refractivity contribution in [1.29, 1.82) is 0 Å². The van der Waals surface area contributed by atoms with Gasteiger partial charge in [0, 0.05) is 42.0 Å². The van der Waals surface area contributed by atoms with Gasteiger partial charge < -0.3 is 14.9 Å². The molecule has 11 heteroatoms. The molecule has 2 aliphatic carbocycles. The van der Waals surface area contributed by atoms with Crippen LogP contribution in [0.2, 0.25) is 0 Å². The number of carboxylic acid groups (broad SMARTS) is 2. The second-order valence-electron chi connectivity index (χ2n) is 11.0. The summed E-state index contributed by atoms with van der Waals surface area (Å²) in [5, 5.41) is 20.6. The second-order valence-corrected chi connectivity index (χ2v) is 11.0. The van der Waals surface area contributed by atoms with Crippen molar-refractivity contribution < 1.29 is 42.5 Å². The van der Waals surface area contributed by atoms with Crippen LogP contribution < -0.4 is 9.22 Å². The minimum absolute atomic E-state index is 0.196. The Labute approximate surface area is 229 Å². The Morgan fingerprint density at radius 3 is 2.33 bits per heavy atom. The van der Waals surface area contributed by atoms with Gasteiger partial charge in [0.15, 0.2) is 5.66 Å². The number of carbonyl (C=O) groups is 3. The van der Waals surface area contributed by atoms with Crippen LogP contribution in [0, 0.1) is 5.92 Å². The molecule has 2 aromatic rings. The van der Waals surface area contributed by atoms with E-state index >= 15 is 0 Å². The minimum atomic E-state index is -4.87. The lowest BCUT2D eigenvalue weighted by Crippen LogP contribution is -2.80. The van der Waals surface area contributed by atoms with Crippen LogP contribution in [0.1, 0.15) is 69.0 Å². The van der Waals surface area contributed by atoms with Gasteiger partial charge in [0.25, 0.3) is 0 Å². The van der Waals surface area contributed by atoms with Gasteiger partial charge >= 0.3 is 18.4 Å². The van der Waals surface area contributed by atoms with Crippen LogP contribution in [0.3, 0.4) is 0 Å². The van der Waals surface area contributed by atoms with Crippen molar-refractivity contribution in [1.82, 2.24) is 9.38 Å². The molecule has 0 bridgehead atoms. The largest absolute Gasteiger partial charge is 0.573 e. The molecule has 2 aromatic carbocycles. The fraction of sp³-hybridized carbons (Fsp3) is 0.483. The zero-order valence-electron chi connectivity index (χ0n) is 22.1. The molecule has 2 fully saturated rings. The molecule has 0 saturated heterocycles. The summed E-state index contributed by atoms with van der Waals surface area (Å²) in [4.78, 5) is 40.8. The Balaban J connectivity index is 1.71. The zero-order chi connectivity index (χ0) is 28.9. The van der Waals surface area contributed by atoms with E-state index < -0.39 is 40.4 Å². The topological polar surface area (TPSA) is 104 Å². The molecule has 2 amide bonds. The van der Waals surface area contributed by atoms with Crippen LogP contribution in [0.4, 0.5) is 23.7 Å². The number of ether oxygens (including phenoxy) is 1. The number of aliphatic carboxylic acids is 1. The number of fused-ring (bicyclic) bond motifs is 2. The third-order valence-electron chi connectivity index (χ3n) is 8.83. The Hall–Kier alpha value is -3.60. The Morgan fingerprint density at radius 1 is 1.05 bits per heavy atom. The first-order valence-electron chi connectivity index (χ1n) is 13.5. The van der Waals surface area contributed by atoms with E-state index in [0.29, 0.717) is 49.8 Å². The molecule has 0 aromatic heterocycles. The average molecular weight is 562 g/mol. The molecule has 214 valence electrons. The van der Waals surface area contributed by atoms with Gasteiger partial charge in [0.05, 0.1) is 6.42 Å². The van der Waals surface area contributed by atoms with Crippen LogP contribution in [0.25, 0.3) is 0 Å². The summed E-state index contributed by atoms with van der Waals surface area (Å²) in [7, 11) is 0. The summed E-state index contributed by atoms with van der Waals surface area (Å²) < 4.78 is 41.8. The highest BCUT2D eigenvalue weighted by Crippen LogP contribution is 2.61. The average Bonchev–Trinajstić information content (AvgIpc) is 3.63. The van der Waals surface area contributed by atoms with Crippen molar-refractivity contribution in [2.75, 3.05) is 0 Å². The number of nitrogens with zero attached hydrogens (tertiary/aromatic N) is 2. The van der Waals surface area contributed by atoms with Crippen molar-refractivity contribution in [3.05, 3.63) is 59.7 Å². The first-order chi connectivity index (χ1) is 18.9. The van der Waals surface area contributed by atoms with E-state index in [4.69, 9.17) is 0 Å². The van der Waals surface area contributed by atoms with Gasteiger partial charge in [-0.2, -0.15) is 9.28 Å². The van der Waals surface area contributed by atoms with Gasteiger partial charge in [-0.25, -0.2) is 0 Å². The first kappa shape index (κ1) is 27.9. The number of carboxylic acids is 1. The molecular weight excluding hydrogens is 529 g/mol. The molecule has 2 N–H and O–H groups in total. The van der Waals surface area contributed by atoms with Crippen molar-refractivity contribution in [2.24, 2.45) is 5.92 Å². The quantitative estimate of drug-likeness (QED) is 0.370. The van der Waals surface area contributed by atoms with E-state index in [9.17, 15) is 37.8 Å². The monoisotopic (exact) mass is 561 g/mol. The smallest absolute Gasteiger partial charge is 0.481 e. The molecule has 40 heavy (non-hydrogen) atoms. The summed E-state index contributed by atoms with van der Waals surface area (Å²) in [6, 6.07) is 11.5. The normalized spacial score (nSPS) is 26.4. The Bertz CT molecular complexity index is 1310. The fourth-order valence-electron chi connectivity index (χ4n) is 7.32. The summed E-state index contributed by atoms with van der Waals surface area (Å²) in [5.41, 5.74) is 0.669. The maximum Gasteiger partial charge on any atom is 0.573 e. The molecule has 2 saturated carbocycles. The number of alkyl halides is 3. The zero-order valence-corrected chi connectivity index (χ0v) is 22.1. The number of halogens is 3. The standard InChI is InChI=1S/C29H31F3N2O6/c1-18(19-8-12-23(13-9-19)40-29(30,31)32)34(27(38)39)24-7-3-2-5-20(24)17-21-6-4-16-28(21,34)33(22-10-11-22)25(35)14-15-26(36)37/h2-3,5,7-9,12-13,18,21-22H,4,6,10-11,14-17H2,1H3,(H-,36,37,38,39)/p+1/t18-,21-,28-,34+/m1/s1. The van der Waals surface area contributed by atoms with Crippen molar-refractivity contribution in [3.63, 3.8) is 0 Å². The maximum atomic E-state index is 13.9. The third kappa shape index (κ3) is 4.49. The van der Waals surface area contributed by atoms with Gasteiger partial charge in [-0.15, -0.1) is 13.2 Å². The number of benzene rings is 2. The van der Waals surface area contributed by atoms with E-state index in [2.05, 4.69) is 4.74 Å². The van der Waals surface area contributed by atoms with Gasteiger partial charge in [0.1, 0.15) is 17.5 Å². The summed E-state index contributed by atoms with van der Waals surface area (Å²) in [5.74, 6) is -2.10. The van der Waals surface area contributed by atoms with E-state index in [1.54, 1.807) is 24.0 Å². The number of hydrogen-bond donors (Lipinski definition) is 2. The number of carbonyl (C=O) groups excluding carboxylic acids is 1. The molecule has 5 rings (SSSR count). The van der Waals surface area contributed by atoms with Gasteiger partial charge in [-0.1, -0.05) is 18.2 Å². The van der Waals surface area contributed by atoms with E-state index in [0.717, 1.165) is 5.56 Å². The van der Waals surface area contributed by atoms with Crippen LogP contribution in [0.15, 0.2) is 48.5 Å². The van der Waals surface area contributed by atoms with Crippen molar-refractivity contribution in [2.45, 2.75) is 82.4 Å². The number of rotatable bonds is 8. The van der Waals surface area contributed by atoms with E-state index in [-0.39, 0.29) is 30.7 Å². The highest BCUT2D eigenvalue weighted by atomic mass is 19.4. The van der Waals surface area contributed by atoms with Crippen molar-refractivity contribution >= 4 is 23.7 Å². The van der Waals surface area contributed by atoms with Crippen LogP contribution in [-0.4, -0.2) is 51.1 Å². The van der Waals surface area contributed by atoms with Crippen LogP contribution >= 0.6 is 0 Å². The predicted octanol–water partition coefficient (Wildman–Crippen LogP) is 6.24. The molecular formula is C29H32F3N2O6+.